The summed E-state index contributed by atoms with van der Waals surface area (Å²) in [5, 5.41) is 7.54. The van der Waals surface area contributed by atoms with Crippen LogP contribution in [0, 0.1) is 13.8 Å². The zero-order chi connectivity index (χ0) is 11.7. The molecule has 6 nitrogen and oxygen atoms in total. The molecule has 0 unspecified atom stereocenters. The van der Waals surface area contributed by atoms with Crippen molar-refractivity contribution < 1.29 is 0 Å². The van der Waals surface area contributed by atoms with Gasteiger partial charge in [-0.15, -0.1) is 0 Å². The number of aryl methyl sites for hydroxylation is 3. The first-order chi connectivity index (χ1) is 7.63. The number of rotatable bonds is 3. The highest BCUT2D eigenvalue weighted by Gasteiger charge is 2.12. The summed E-state index contributed by atoms with van der Waals surface area (Å²) in [4.78, 5) is 8.77. The highest BCUT2D eigenvalue weighted by Crippen LogP contribution is 2.21. The number of hydrogen-bond acceptors (Lipinski definition) is 5. The van der Waals surface area contributed by atoms with Gasteiger partial charge in [-0.3, -0.25) is 4.68 Å². The van der Waals surface area contributed by atoms with E-state index in [1.807, 2.05) is 20.9 Å². The number of nitrogens with one attached hydrogen (secondary N) is 1. The minimum absolute atomic E-state index is 0.571. The van der Waals surface area contributed by atoms with Crippen LogP contribution < -0.4 is 11.1 Å². The summed E-state index contributed by atoms with van der Waals surface area (Å²) in [5.41, 5.74) is 8.21. The number of aromatic nitrogens is 4. The Morgan fingerprint density at radius 3 is 2.75 bits per heavy atom. The van der Waals surface area contributed by atoms with Crippen molar-refractivity contribution in [2.45, 2.75) is 13.8 Å². The molecule has 6 heteroatoms. The van der Waals surface area contributed by atoms with Crippen LogP contribution in [-0.2, 0) is 7.05 Å². The lowest BCUT2D eigenvalue weighted by Gasteiger charge is -2.07. The van der Waals surface area contributed by atoms with E-state index >= 15 is 0 Å². The highest BCUT2D eigenvalue weighted by atomic mass is 15.3. The van der Waals surface area contributed by atoms with E-state index in [2.05, 4.69) is 20.4 Å². The maximum Gasteiger partial charge on any atom is 0.156 e. The van der Waals surface area contributed by atoms with Gasteiger partial charge < -0.3 is 11.1 Å². The molecular formula is C10H16N6. The van der Waals surface area contributed by atoms with E-state index in [0.717, 1.165) is 28.4 Å². The van der Waals surface area contributed by atoms with Gasteiger partial charge in [0.2, 0.25) is 0 Å². The zero-order valence-electron chi connectivity index (χ0n) is 9.78. The Kier molecular flexibility index (Phi) is 2.74. The first kappa shape index (κ1) is 10.8. The molecule has 2 rings (SSSR count). The van der Waals surface area contributed by atoms with E-state index in [1.165, 1.54) is 0 Å². The molecule has 0 saturated heterocycles. The largest absolute Gasteiger partial charge is 0.367 e. The Morgan fingerprint density at radius 1 is 1.31 bits per heavy atom. The zero-order valence-corrected chi connectivity index (χ0v) is 9.78. The van der Waals surface area contributed by atoms with Crippen LogP contribution in [0.3, 0.4) is 0 Å². The van der Waals surface area contributed by atoms with Crippen LogP contribution in [0.1, 0.15) is 11.5 Å². The molecule has 0 radical (unpaired) electrons. The van der Waals surface area contributed by atoms with E-state index in [-0.39, 0.29) is 0 Å². The molecule has 0 saturated carbocycles. The summed E-state index contributed by atoms with van der Waals surface area (Å²) in [7, 11) is 1.89. The number of nitrogens with two attached hydrogens (primary N) is 1. The third-order valence-electron chi connectivity index (χ3n) is 2.40. The summed E-state index contributed by atoms with van der Waals surface area (Å²) < 4.78 is 1.79. The van der Waals surface area contributed by atoms with Gasteiger partial charge in [0.1, 0.15) is 16.9 Å². The van der Waals surface area contributed by atoms with Gasteiger partial charge >= 0.3 is 0 Å². The summed E-state index contributed by atoms with van der Waals surface area (Å²) in [6.45, 7) is 5.08. The fourth-order valence-electron chi connectivity index (χ4n) is 1.76. The van der Waals surface area contributed by atoms with E-state index in [4.69, 9.17) is 5.73 Å². The van der Waals surface area contributed by atoms with Crippen LogP contribution >= 0.6 is 0 Å². The Bertz CT molecular complexity index is 515. The first-order valence-corrected chi connectivity index (χ1v) is 5.25. The molecule has 0 atom stereocenters. The van der Waals surface area contributed by atoms with Crippen molar-refractivity contribution in [1.82, 2.24) is 19.7 Å². The monoisotopic (exact) mass is 220 g/mol. The summed E-state index contributed by atoms with van der Waals surface area (Å²) in [5.74, 6) is 1.54. The smallest absolute Gasteiger partial charge is 0.156 e. The molecule has 0 spiro atoms. The predicted molar refractivity (Wildman–Crippen MR) is 63.3 cm³/mol. The molecular weight excluding hydrogens is 204 g/mol. The van der Waals surface area contributed by atoms with E-state index < -0.39 is 0 Å². The molecule has 0 aliphatic heterocycles. The summed E-state index contributed by atoms with van der Waals surface area (Å²) >= 11 is 0. The molecule has 3 N–H and O–H groups in total. The average molecular weight is 220 g/mol. The Labute approximate surface area is 93.9 Å². The van der Waals surface area contributed by atoms with Crippen molar-refractivity contribution in [2.24, 2.45) is 12.8 Å². The summed E-state index contributed by atoms with van der Waals surface area (Å²) in [6.07, 6.45) is 0. The number of fused-ring (bicyclic) bond motifs is 1. The Morgan fingerprint density at radius 2 is 2.06 bits per heavy atom. The standard InChI is InChI=1S/C10H16N6/c1-6-8-9(16(3)15-6)10(12-5-4-11)14-7(2)13-8/h4-5,11H2,1-3H3,(H,12,13,14). The second-order valence-electron chi connectivity index (χ2n) is 3.74. The molecule has 2 aromatic rings. The van der Waals surface area contributed by atoms with E-state index in [1.54, 1.807) is 4.68 Å². The van der Waals surface area contributed by atoms with Crippen molar-refractivity contribution in [3.05, 3.63) is 11.5 Å². The van der Waals surface area contributed by atoms with Gasteiger partial charge in [0.25, 0.3) is 0 Å². The molecule has 86 valence electrons. The topological polar surface area (TPSA) is 81.7 Å². The Balaban J connectivity index is 2.61. The van der Waals surface area contributed by atoms with Crippen molar-refractivity contribution in [2.75, 3.05) is 18.4 Å². The van der Waals surface area contributed by atoms with Crippen molar-refractivity contribution in [3.8, 4) is 0 Å². The number of hydrogen-bond donors (Lipinski definition) is 2. The molecule has 2 aromatic heterocycles. The molecule has 0 aliphatic rings. The molecule has 0 aromatic carbocycles. The van der Waals surface area contributed by atoms with Crippen molar-refractivity contribution in [1.29, 1.82) is 0 Å². The predicted octanol–water partition coefficient (Wildman–Crippen LogP) is 0.351. The molecule has 0 amide bonds. The summed E-state index contributed by atoms with van der Waals surface area (Å²) in [6, 6.07) is 0. The van der Waals surface area contributed by atoms with Crippen LogP contribution in [0.25, 0.3) is 11.0 Å². The van der Waals surface area contributed by atoms with Gasteiger partial charge in [-0.05, 0) is 13.8 Å². The maximum absolute atomic E-state index is 5.47. The van der Waals surface area contributed by atoms with Gasteiger partial charge in [0.15, 0.2) is 5.82 Å². The van der Waals surface area contributed by atoms with Crippen LogP contribution in [-0.4, -0.2) is 32.8 Å². The van der Waals surface area contributed by atoms with Gasteiger partial charge in [-0.1, -0.05) is 0 Å². The lowest BCUT2D eigenvalue weighted by Crippen LogP contribution is -2.15. The SMILES string of the molecule is Cc1nc(NCCN)c2c(n1)c(C)nn2C. The molecule has 2 heterocycles. The van der Waals surface area contributed by atoms with Gasteiger partial charge in [0.05, 0.1) is 5.69 Å². The number of nitrogens with zero attached hydrogens (tertiary/aromatic N) is 4. The van der Waals surface area contributed by atoms with Gasteiger partial charge in [-0.2, -0.15) is 5.10 Å². The van der Waals surface area contributed by atoms with Crippen LogP contribution in [0.4, 0.5) is 5.82 Å². The minimum atomic E-state index is 0.571. The second-order valence-corrected chi connectivity index (χ2v) is 3.74. The van der Waals surface area contributed by atoms with Crippen molar-refractivity contribution in [3.63, 3.8) is 0 Å². The normalized spacial score (nSPS) is 11.0. The van der Waals surface area contributed by atoms with Crippen LogP contribution in [0.5, 0.6) is 0 Å². The third kappa shape index (κ3) is 1.71. The lowest BCUT2D eigenvalue weighted by molar-refractivity contribution is 0.782. The quantitative estimate of drug-likeness (QED) is 0.780. The molecule has 0 bridgehead atoms. The highest BCUT2D eigenvalue weighted by molar-refractivity contribution is 5.87. The minimum Gasteiger partial charge on any atom is -0.367 e. The maximum atomic E-state index is 5.47. The fraction of sp³-hybridized carbons (Fsp3) is 0.500. The first-order valence-electron chi connectivity index (χ1n) is 5.25. The van der Waals surface area contributed by atoms with E-state index in [0.29, 0.717) is 13.1 Å². The van der Waals surface area contributed by atoms with Crippen molar-refractivity contribution >= 4 is 16.9 Å². The van der Waals surface area contributed by atoms with Crippen LogP contribution in [0.15, 0.2) is 0 Å². The average Bonchev–Trinajstić information content (AvgIpc) is 2.51. The molecule has 0 aliphatic carbocycles. The van der Waals surface area contributed by atoms with Gasteiger partial charge in [0, 0.05) is 20.1 Å². The van der Waals surface area contributed by atoms with E-state index in [9.17, 15) is 0 Å². The van der Waals surface area contributed by atoms with Gasteiger partial charge in [-0.25, -0.2) is 9.97 Å². The number of anilines is 1. The molecule has 16 heavy (non-hydrogen) atoms. The second kappa shape index (κ2) is 4.05. The molecule has 0 fully saturated rings. The van der Waals surface area contributed by atoms with Crippen LogP contribution in [0.2, 0.25) is 0 Å². The lowest BCUT2D eigenvalue weighted by atomic mass is 10.3. The Hall–Kier alpha value is -1.69. The third-order valence-corrected chi connectivity index (χ3v) is 2.40. The fourth-order valence-corrected chi connectivity index (χ4v) is 1.76.